The van der Waals surface area contributed by atoms with Gasteiger partial charge in [-0.1, -0.05) is 39.3 Å². The smallest absolute Gasteiger partial charge is 0.308 e. The van der Waals surface area contributed by atoms with Gasteiger partial charge in [0.25, 0.3) is 0 Å². The van der Waals surface area contributed by atoms with E-state index in [9.17, 15) is 4.79 Å². The number of hydrogen-bond acceptors (Lipinski definition) is 2. The molecule has 0 saturated heterocycles. The van der Waals surface area contributed by atoms with Crippen molar-refractivity contribution in [3.8, 4) is 0 Å². The molecular weight excluding hydrogens is 176 g/mol. The highest BCUT2D eigenvalue weighted by Crippen LogP contribution is 1.99. The molecule has 0 unspecified atom stereocenters. The normalized spacial score (nSPS) is 11.1. The van der Waals surface area contributed by atoms with Crippen LogP contribution in [0.4, 0.5) is 0 Å². The molecule has 0 aliphatic carbocycles. The predicted molar refractivity (Wildman–Crippen MR) is 59.1 cm³/mol. The molecule has 0 spiro atoms. The summed E-state index contributed by atoms with van der Waals surface area (Å²) >= 11 is 0. The monoisotopic (exact) mass is 198 g/mol. The molecule has 0 aromatic carbocycles. The Morgan fingerprint density at radius 3 is 2.50 bits per heavy atom. The summed E-state index contributed by atoms with van der Waals surface area (Å²) in [7, 11) is 0. The fourth-order valence-corrected chi connectivity index (χ4v) is 0.943. The molecule has 0 amide bonds. The molecule has 0 fully saturated rings. The van der Waals surface area contributed by atoms with Gasteiger partial charge >= 0.3 is 5.97 Å². The SMILES string of the molecule is CCC/C=C\CCCOC(=O)C(C)C. The van der Waals surface area contributed by atoms with Gasteiger partial charge in [-0.25, -0.2) is 0 Å². The first-order valence-corrected chi connectivity index (χ1v) is 5.50. The number of carbonyl (C=O) groups excluding carboxylic acids is 1. The Labute approximate surface area is 87.3 Å². The van der Waals surface area contributed by atoms with E-state index in [1.807, 2.05) is 13.8 Å². The minimum absolute atomic E-state index is 0.00867. The van der Waals surface area contributed by atoms with Gasteiger partial charge in [0.2, 0.25) is 0 Å². The number of unbranched alkanes of at least 4 members (excludes halogenated alkanes) is 2. The van der Waals surface area contributed by atoms with E-state index in [-0.39, 0.29) is 11.9 Å². The largest absolute Gasteiger partial charge is 0.465 e. The van der Waals surface area contributed by atoms with Crippen LogP contribution >= 0.6 is 0 Å². The Balaban J connectivity index is 3.25. The van der Waals surface area contributed by atoms with E-state index in [2.05, 4.69) is 19.1 Å². The number of hydrogen-bond donors (Lipinski definition) is 0. The molecule has 0 aliphatic rings. The van der Waals surface area contributed by atoms with Crippen LogP contribution in [-0.2, 0) is 9.53 Å². The van der Waals surface area contributed by atoms with Gasteiger partial charge in [0.15, 0.2) is 0 Å². The Morgan fingerprint density at radius 2 is 1.93 bits per heavy atom. The van der Waals surface area contributed by atoms with Crippen LogP contribution in [0.3, 0.4) is 0 Å². The van der Waals surface area contributed by atoms with E-state index < -0.39 is 0 Å². The molecule has 0 radical (unpaired) electrons. The zero-order chi connectivity index (χ0) is 10.8. The van der Waals surface area contributed by atoms with Crippen LogP contribution in [-0.4, -0.2) is 12.6 Å². The maximum absolute atomic E-state index is 11.0. The molecule has 0 saturated carbocycles. The third-order valence-electron chi connectivity index (χ3n) is 1.85. The molecule has 0 aromatic rings. The molecule has 0 rings (SSSR count). The van der Waals surface area contributed by atoms with Gasteiger partial charge in [-0.05, 0) is 19.3 Å². The van der Waals surface area contributed by atoms with E-state index in [0.717, 1.165) is 19.3 Å². The summed E-state index contributed by atoms with van der Waals surface area (Å²) in [6, 6.07) is 0. The van der Waals surface area contributed by atoms with E-state index in [1.165, 1.54) is 6.42 Å². The Kier molecular flexibility index (Phi) is 8.30. The van der Waals surface area contributed by atoms with Crippen LogP contribution in [0.25, 0.3) is 0 Å². The van der Waals surface area contributed by atoms with Crippen LogP contribution in [0.15, 0.2) is 12.2 Å². The average molecular weight is 198 g/mol. The lowest BCUT2D eigenvalue weighted by molar-refractivity contribution is -0.147. The zero-order valence-corrected chi connectivity index (χ0v) is 9.58. The molecule has 0 heterocycles. The van der Waals surface area contributed by atoms with E-state index in [0.29, 0.717) is 6.61 Å². The summed E-state index contributed by atoms with van der Waals surface area (Å²) < 4.78 is 5.04. The average Bonchev–Trinajstić information content (AvgIpc) is 2.16. The molecule has 2 nitrogen and oxygen atoms in total. The lowest BCUT2D eigenvalue weighted by Crippen LogP contribution is -2.12. The highest BCUT2D eigenvalue weighted by Gasteiger charge is 2.06. The minimum atomic E-state index is -0.0949. The van der Waals surface area contributed by atoms with Crippen LogP contribution in [0.1, 0.15) is 46.5 Å². The fourth-order valence-electron chi connectivity index (χ4n) is 0.943. The second-order valence-electron chi connectivity index (χ2n) is 3.72. The van der Waals surface area contributed by atoms with Crippen LogP contribution in [0, 0.1) is 5.92 Å². The molecular formula is C12H22O2. The number of carbonyl (C=O) groups is 1. The van der Waals surface area contributed by atoms with Crippen molar-refractivity contribution in [2.75, 3.05) is 6.61 Å². The van der Waals surface area contributed by atoms with E-state index >= 15 is 0 Å². The Morgan fingerprint density at radius 1 is 1.29 bits per heavy atom. The molecule has 2 heteroatoms. The molecule has 0 atom stereocenters. The first kappa shape index (κ1) is 13.2. The summed E-state index contributed by atoms with van der Waals surface area (Å²) in [5.41, 5.74) is 0. The van der Waals surface area contributed by atoms with Gasteiger partial charge in [-0.3, -0.25) is 4.79 Å². The van der Waals surface area contributed by atoms with Crippen molar-refractivity contribution in [2.45, 2.75) is 46.5 Å². The number of ether oxygens (including phenoxy) is 1. The topological polar surface area (TPSA) is 26.3 Å². The van der Waals surface area contributed by atoms with Gasteiger partial charge in [0, 0.05) is 0 Å². The summed E-state index contributed by atoms with van der Waals surface area (Å²) in [5, 5.41) is 0. The van der Waals surface area contributed by atoms with Crippen LogP contribution < -0.4 is 0 Å². The van der Waals surface area contributed by atoms with Gasteiger partial charge < -0.3 is 4.74 Å². The van der Waals surface area contributed by atoms with Crippen molar-refractivity contribution >= 4 is 5.97 Å². The molecule has 0 N–H and O–H groups in total. The lowest BCUT2D eigenvalue weighted by Gasteiger charge is -2.05. The standard InChI is InChI=1S/C12H22O2/c1-4-5-6-7-8-9-10-14-12(13)11(2)3/h6-7,11H,4-5,8-10H2,1-3H3/b7-6-. The van der Waals surface area contributed by atoms with Gasteiger partial charge in [-0.2, -0.15) is 0 Å². The van der Waals surface area contributed by atoms with E-state index in [1.54, 1.807) is 0 Å². The maximum atomic E-state index is 11.0. The quantitative estimate of drug-likeness (QED) is 0.356. The third kappa shape index (κ3) is 7.84. The summed E-state index contributed by atoms with van der Waals surface area (Å²) in [6.45, 7) is 6.41. The first-order valence-electron chi connectivity index (χ1n) is 5.50. The molecule has 0 bridgehead atoms. The Bertz CT molecular complexity index is 171. The molecule has 82 valence electrons. The Hall–Kier alpha value is -0.790. The first-order chi connectivity index (χ1) is 6.68. The lowest BCUT2D eigenvalue weighted by atomic mass is 10.2. The predicted octanol–water partition coefficient (Wildman–Crippen LogP) is 3.32. The molecule has 0 aliphatic heterocycles. The zero-order valence-electron chi connectivity index (χ0n) is 9.58. The fraction of sp³-hybridized carbons (Fsp3) is 0.750. The summed E-state index contributed by atoms with van der Waals surface area (Å²) in [5.74, 6) is -0.104. The van der Waals surface area contributed by atoms with Gasteiger partial charge in [0.05, 0.1) is 12.5 Å². The van der Waals surface area contributed by atoms with Crippen molar-refractivity contribution in [3.63, 3.8) is 0 Å². The second-order valence-corrected chi connectivity index (χ2v) is 3.72. The molecule has 0 aromatic heterocycles. The van der Waals surface area contributed by atoms with Crippen molar-refractivity contribution < 1.29 is 9.53 Å². The van der Waals surface area contributed by atoms with Gasteiger partial charge in [0.1, 0.15) is 0 Å². The maximum Gasteiger partial charge on any atom is 0.308 e. The summed E-state index contributed by atoms with van der Waals surface area (Å²) in [4.78, 5) is 11.0. The van der Waals surface area contributed by atoms with Crippen molar-refractivity contribution in [2.24, 2.45) is 5.92 Å². The van der Waals surface area contributed by atoms with E-state index in [4.69, 9.17) is 4.74 Å². The van der Waals surface area contributed by atoms with Crippen molar-refractivity contribution in [1.82, 2.24) is 0 Å². The van der Waals surface area contributed by atoms with Crippen LogP contribution in [0.2, 0.25) is 0 Å². The number of rotatable bonds is 7. The van der Waals surface area contributed by atoms with Crippen molar-refractivity contribution in [3.05, 3.63) is 12.2 Å². The minimum Gasteiger partial charge on any atom is -0.465 e. The highest BCUT2D eigenvalue weighted by molar-refractivity contribution is 5.71. The van der Waals surface area contributed by atoms with Gasteiger partial charge in [-0.15, -0.1) is 0 Å². The number of allylic oxidation sites excluding steroid dienone is 2. The second kappa shape index (κ2) is 8.79. The molecule has 14 heavy (non-hydrogen) atoms. The number of esters is 1. The highest BCUT2D eigenvalue weighted by atomic mass is 16.5. The third-order valence-corrected chi connectivity index (χ3v) is 1.85. The van der Waals surface area contributed by atoms with Crippen LogP contribution in [0.5, 0.6) is 0 Å². The summed E-state index contributed by atoms with van der Waals surface area (Å²) in [6.07, 6.45) is 8.62. The van der Waals surface area contributed by atoms with Crippen molar-refractivity contribution in [1.29, 1.82) is 0 Å².